The van der Waals surface area contributed by atoms with Crippen LogP contribution in [0.5, 0.6) is 5.75 Å². The lowest BCUT2D eigenvalue weighted by molar-refractivity contribution is -0.0567. The van der Waals surface area contributed by atoms with E-state index in [0.29, 0.717) is 30.6 Å². The van der Waals surface area contributed by atoms with Crippen molar-refractivity contribution in [2.45, 2.75) is 39.0 Å². The number of nitrogens with zero attached hydrogens (tertiary/aromatic N) is 1. The van der Waals surface area contributed by atoms with Gasteiger partial charge in [-0.05, 0) is 32.9 Å². The predicted molar refractivity (Wildman–Crippen MR) is 79.0 cm³/mol. The number of halogens is 1. The highest BCUT2D eigenvalue weighted by Crippen LogP contribution is 2.26. The van der Waals surface area contributed by atoms with Crippen molar-refractivity contribution in [3.63, 3.8) is 0 Å². The first-order valence-corrected chi connectivity index (χ1v) is 7.43. The monoisotopic (exact) mass is 297 g/mol. The summed E-state index contributed by atoms with van der Waals surface area (Å²) in [5.74, 6) is 0.0121. The Hall–Kier alpha value is -1.17. The minimum atomic E-state index is -0.694. The number of hydrogen-bond donors (Lipinski definition) is 1. The average molecular weight is 297 g/mol. The van der Waals surface area contributed by atoms with Gasteiger partial charge in [0.1, 0.15) is 24.3 Å². The molecule has 1 aliphatic heterocycles. The number of hydrogen-bond acceptors (Lipinski definition) is 4. The zero-order chi connectivity index (χ0) is 15.4. The van der Waals surface area contributed by atoms with Gasteiger partial charge >= 0.3 is 0 Å². The van der Waals surface area contributed by atoms with E-state index in [-0.39, 0.29) is 11.9 Å². The second-order valence-electron chi connectivity index (χ2n) is 5.75. The third-order valence-electron chi connectivity index (χ3n) is 3.75. The average Bonchev–Trinajstić information content (AvgIpc) is 2.45. The Morgan fingerprint density at radius 3 is 2.86 bits per heavy atom. The second kappa shape index (κ2) is 7.20. The molecule has 0 aromatic heterocycles. The molecule has 21 heavy (non-hydrogen) atoms. The summed E-state index contributed by atoms with van der Waals surface area (Å²) in [7, 11) is 0. The van der Waals surface area contributed by atoms with Crippen LogP contribution in [0.15, 0.2) is 18.2 Å². The summed E-state index contributed by atoms with van der Waals surface area (Å²) in [4.78, 5) is 2.33. The molecule has 0 aliphatic carbocycles. The molecule has 1 saturated heterocycles. The summed E-state index contributed by atoms with van der Waals surface area (Å²) >= 11 is 0. The predicted octanol–water partition coefficient (Wildman–Crippen LogP) is 2.37. The van der Waals surface area contributed by atoms with Gasteiger partial charge in [0.05, 0.1) is 12.7 Å². The van der Waals surface area contributed by atoms with Crippen LogP contribution in [0.4, 0.5) is 4.39 Å². The van der Waals surface area contributed by atoms with Crippen molar-refractivity contribution in [2.75, 3.05) is 26.3 Å². The third kappa shape index (κ3) is 4.40. The normalized spacial score (nSPS) is 21.5. The van der Waals surface area contributed by atoms with E-state index in [2.05, 4.69) is 18.7 Å². The zero-order valence-electron chi connectivity index (χ0n) is 12.9. The van der Waals surface area contributed by atoms with Crippen molar-refractivity contribution in [3.8, 4) is 5.75 Å². The van der Waals surface area contributed by atoms with Gasteiger partial charge in [-0.1, -0.05) is 0 Å². The third-order valence-corrected chi connectivity index (χ3v) is 3.75. The summed E-state index contributed by atoms with van der Waals surface area (Å²) in [5, 5.41) is 9.71. The largest absolute Gasteiger partial charge is 0.490 e. The van der Waals surface area contributed by atoms with Gasteiger partial charge in [0.25, 0.3) is 0 Å². The van der Waals surface area contributed by atoms with Crippen LogP contribution in [-0.4, -0.2) is 48.5 Å². The standard InChI is InChI=1S/C16H24FNO3/c1-11(2)18-6-7-20-14(9-18)10-21-16-8-13(17)4-5-15(16)12(3)19/h4-5,8,11-12,14,19H,6-7,9-10H2,1-3H3/t12-,14?/m0/s1. The van der Waals surface area contributed by atoms with Crippen LogP contribution < -0.4 is 4.74 Å². The van der Waals surface area contributed by atoms with E-state index in [1.54, 1.807) is 13.0 Å². The molecule has 0 radical (unpaired) electrons. The quantitative estimate of drug-likeness (QED) is 0.906. The van der Waals surface area contributed by atoms with E-state index in [1.165, 1.54) is 12.1 Å². The molecule has 0 bridgehead atoms. The fourth-order valence-corrected chi connectivity index (χ4v) is 2.47. The molecule has 4 nitrogen and oxygen atoms in total. The Bertz CT molecular complexity index is 465. The number of ether oxygens (including phenoxy) is 2. The summed E-state index contributed by atoms with van der Waals surface area (Å²) in [6, 6.07) is 4.66. The molecule has 1 fully saturated rings. The Morgan fingerprint density at radius 1 is 1.43 bits per heavy atom. The molecule has 0 amide bonds. The number of morpholine rings is 1. The number of rotatable bonds is 5. The highest BCUT2D eigenvalue weighted by Gasteiger charge is 2.23. The molecule has 1 unspecified atom stereocenters. The number of benzene rings is 1. The molecule has 1 aromatic carbocycles. The van der Waals surface area contributed by atoms with Crippen molar-refractivity contribution in [1.29, 1.82) is 0 Å². The highest BCUT2D eigenvalue weighted by atomic mass is 19.1. The fraction of sp³-hybridized carbons (Fsp3) is 0.625. The molecule has 2 atom stereocenters. The smallest absolute Gasteiger partial charge is 0.128 e. The minimum Gasteiger partial charge on any atom is -0.490 e. The first-order valence-electron chi connectivity index (χ1n) is 7.43. The molecule has 1 aliphatic rings. The minimum absolute atomic E-state index is 0.0359. The van der Waals surface area contributed by atoms with Gasteiger partial charge in [-0.2, -0.15) is 0 Å². The second-order valence-corrected chi connectivity index (χ2v) is 5.75. The van der Waals surface area contributed by atoms with Crippen molar-refractivity contribution >= 4 is 0 Å². The van der Waals surface area contributed by atoms with Crippen LogP contribution in [0.1, 0.15) is 32.4 Å². The van der Waals surface area contributed by atoms with Gasteiger partial charge in [-0.15, -0.1) is 0 Å². The lowest BCUT2D eigenvalue weighted by Crippen LogP contribution is -2.47. The molecular weight excluding hydrogens is 273 g/mol. The van der Waals surface area contributed by atoms with Gasteiger partial charge < -0.3 is 14.6 Å². The summed E-state index contributed by atoms with van der Waals surface area (Å²) in [6.07, 6.45) is -0.730. The van der Waals surface area contributed by atoms with Gasteiger partial charge in [-0.3, -0.25) is 4.90 Å². The van der Waals surface area contributed by atoms with Crippen molar-refractivity contribution in [3.05, 3.63) is 29.6 Å². The van der Waals surface area contributed by atoms with Gasteiger partial charge in [-0.25, -0.2) is 4.39 Å². The topological polar surface area (TPSA) is 41.9 Å². The molecule has 118 valence electrons. The van der Waals surface area contributed by atoms with E-state index >= 15 is 0 Å². The van der Waals surface area contributed by atoms with E-state index in [0.717, 1.165) is 13.1 Å². The molecule has 1 N–H and O–H groups in total. The van der Waals surface area contributed by atoms with Crippen molar-refractivity contribution in [2.24, 2.45) is 0 Å². The SMILES string of the molecule is CC(C)N1CCOC(COc2cc(F)ccc2[C@H](C)O)C1. The van der Waals surface area contributed by atoms with Gasteiger partial charge in [0.15, 0.2) is 0 Å². The lowest BCUT2D eigenvalue weighted by atomic mass is 10.1. The van der Waals surface area contributed by atoms with E-state index in [9.17, 15) is 9.50 Å². The van der Waals surface area contributed by atoms with E-state index < -0.39 is 6.10 Å². The molecule has 1 aromatic rings. The maximum absolute atomic E-state index is 13.3. The maximum Gasteiger partial charge on any atom is 0.128 e. The molecule has 1 heterocycles. The Labute approximate surface area is 125 Å². The summed E-state index contributed by atoms with van der Waals surface area (Å²) in [5.41, 5.74) is 0.591. The Morgan fingerprint density at radius 2 is 2.19 bits per heavy atom. The van der Waals surface area contributed by atoms with E-state index in [1.807, 2.05) is 0 Å². The summed E-state index contributed by atoms with van der Waals surface area (Å²) in [6.45, 7) is 8.70. The molecule has 0 saturated carbocycles. The number of aliphatic hydroxyl groups excluding tert-OH is 1. The molecule has 2 rings (SSSR count). The fourth-order valence-electron chi connectivity index (χ4n) is 2.47. The maximum atomic E-state index is 13.3. The van der Waals surface area contributed by atoms with Crippen LogP contribution in [0.2, 0.25) is 0 Å². The van der Waals surface area contributed by atoms with Crippen LogP contribution in [0.25, 0.3) is 0 Å². The number of aliphatic hydroxyl groups is 1. The van der Waals surface area contributed by atoms with Crippen LogP contribution in [0.3, 0.4) is 0 Å². The van der Waals surface area contributed by atoms with E-state index in [4.69, 9.17) is 9.47 Å². The molecule has 0 spiro atoms. The van der Waals surface area contributed by atoms with Gasteiger partial charge in [0, 0.05) is 30.8 Å². The van der Waals surface area contributed by atoms with Crippen LogP contribution >= 0.6 is 0 Å². The van der Waals surface area contributed by atoms with Crippen LogP contribution in [0, 0.1) is 5.82 Å². The zero-order valence-corrected chi connectivity index (χ0v) is 12.9. The Kier molecular flexibility index (Phi) is 5.56. The molecular formula is C16H24FNO3. The highest BCUT2D eigenvalue weighted by molar-refractivity contribution is 5.35. The van der Waals surface area contributed by atoms with Gasteiger partial charge in [0.2, 0.25) is 0 Å². The molecule has 5 heteroatoms. The lowest BCUT2D eigenvalue weighted by Gasteiger charge is -2.35. The first-order chi connectivity index (χ1) is 9.97. The van der Waals surface area contributed by atoms with Crippen LogP contribution in [-0.2, 0) is 4.74 Å². The Balaban J connectivity index is 1.98. The first kappa shape index (κ1) is 16.2. The summed E-state index contributed by atoms with van der Waals surface area (Å²) < 4.78 is 24.7. The van der Waals surface area contributed by atoms with Crippen molar-refractivity contribution < 1.29 is 19.0 Å². The van der Waals surface area contributed by atoms with Crippen molar-refractivity contribution in [1.82, 2.24) is 4.90 Å².